The molecule has 6 heteroatoms. The number of nitrogens with zero attached hydrogens (tertiary/aromatic N) is 6. The average molecular weight is 921 g/mol. The second-order valence-corrected chi connectivity index (χ2v) is 21.8. The van der Waals surface area contributed by atoms with E-state index in [1.165, 1.54) is 55.3 Å². The molecule has 13 rings (SSSR count). The van der Waals surface area contributed by atoms with Gasteiger partial charge in [0.15, 0.2) is 11.7 Å². The molecule has 2 aliphatic heterocycles. The number of hydrogen-bond donors (Lipinski definition) is 0. The molecule has 7 aromatic carbocycles. The van der Waals surface area contributed by atoms with Gasteiger partial charge in [-0.15, -0.1) is 0 Å². The van der Waals surface area contributed by atoms with Crippen molar-refractivity contribution >= 4 is 33.8 Å². The number of hydrogen-bond acceptors (Lipinski definition) is 6. The van der Waals surface area contributed by atoms with Gasteiger partial charge in [0.1, 0.15) is 11.4 Å². The highest BCUT2D eigenvalue weighted by molar-refractivity contribution is 6.14. The molecule has 0 bridgehead atoms. The summed E-state index contributed by atoms with van der Waals surface area (Å²) in [5, 5.41) is 2.43. The molecule has 346 valence electrons. The standard InChI is InChI=1S/C65H56N6/c1-61(2)63(5,6)70(44-21-11-9-12-22-44)59(68-61)56-35-32-42(39-66-56)41-31-34-50-54(37-41)65(52-29-19-17-26-47(52)48-27-18-20-30-53(48)65)55-38-51(46-25-15-16-28-49(46)58(50)55)43-33-36-57(67-40-43)60-69-62(3,4)64(7,8)71(60)45-23-13-10-14-24-45/h9-40H,1-8H3. The molecular weight excluding hydrogens is 865 g/mol. The van der Waals surface area contributed by atoms with Gasteiger partial charge in [-0.1, -0.05) is 133 Å². The summed E-state index contributed by atoms with van der Waals surface area (Å²) in [4.78, 5) is 25.9. The summed E-state index contributed by atoms with van der Waals surface area (Å²) in [6.07, 6.45) is 4.10. The summed E-state index contributed by atoms with van der Waals surface area (Å²) in [5.74, 6) is 1.78. The molecule has 0 radical (unpaired) electrons. The van der Waals surface area contributed by atoms with E-state index in [-0.39, 0.29) is 22.2 Å². The first-order valence-electron chi connectivity index (χ1n) is 25.0. The maximum Gasteiger partial charge on any atom is 0.155 e. The molecular formula is C65H56N6. The number of benzene rings is 7. The number of anilines is 2. The summed E-state index contributed by atoms with van der Waals surface area (Å²) < 4.78 is 0. The zero-order valence-corrected chi connectivity index (χ0v) is 41.7. The first-order chi connectivity index (χ1) is 34.2. The van der Waals surface area contributed by atoms with Crippen LogP contribution in [0.4, 0.5) is 11.4 Å². The topological polar surface area (TPSA) is 57.0 Å². The van der Waals surface area contributed by atoms with E-state index in [0.29, 0.717) is 0 Å². The van der Waals surface area contributed by atoms with Crippen LogP contribution < -0.4 is 9.80 Å². The maximum absolute atomic E-state index is 5.36. The molecule has 9 aromatic rings. The highest BCUT2D eigenvalue weighted by Gasteiger charge is 2.54. The van der Waals surface area contributed by atoms with E-state index < -0.39 is 5.41 Å². The van der Waals surface area contributed by atoms with Crippen molar-refractivity contribution < 1.29 is 0 Å². The fourth-order valence-corrected chi connectivity index (χ4v) is 12.2. The smallest absolute Gasteiger partial charge is 0.155 e. The lowest BCUT2D eigenvalue weighted by Gasteiger charge is -2.41. The van der Waals surface area contributed by atoms with Crippen LogP contribution in [0.5, 0.6) is 0 Å². The SMILES string of the molecule is CC1(C)N=C(c2ccc(-c3ccc4c(c3)C3(c5ccccc5-c5ccccc53)c3cc(-c5ccc(C6=NC(C)(C)C(C)(C)N6c6ccccc6)nc5)c5ccccc5c3-4)cn2)N(c2ccccc2)C1(C)C. The van der Waals surface area contributed by atoms with Gasteiger partial charge in [-0.05, 0) is 170 Å². The minimum Gasteiger partial charge on any atom is -0.317 e. The number of rotatable bonds is 6. The van der Waals surface area contributed by atoms with Gasteiger partial charge in [-0.25, -0.2) is 0 Å². The van der Waals surface area contributed by atoms with Gasteiger partial charge in [0.05, 0.1) is 27.6 Å². The Kier molecular flexibility index (Phi) is 9.12. The Bertz CT molecular complexity index is 3650. The minimum atomic E-state index is -0.578. The Hall–Kier alpha value is -7.96. The van der Waals surface area contributed by atoms with E-state index in [1.54, 1.807) is 0 Å². The van der Waals surface area contributed by atoms with Gasteiger partial charge < -0.3 is 9.80 Å². The quantitative estimate of drug-likeness (QED) is 0.167. The van der Waals surface area contributed by atoms with Crippen LogP contribution in [0.25, 0.3) is 55.3 Å². The van der Waals surface area contributed by atoms with Crippen molar-refractivity contribution in [3.05, 3.63) is 228 Å². The van der Waals surface area contributed by atoms with Crippen LogP contribution in [0.3, 0.4) is 0 Å². The molecule has 71 heavy (non-hydrogen) atoms. The van der Waals surface area contributed by atoms with E-state index in [0.717, 1.165) is 56.7 Å². The van der Waals surface area contributed by atoms with Gasteiger partial charge >= 0.3 is 0 Å². The van der Waals surface area contributed by atoms with E-state index >= 15 is 0 Å². The minimum absolute atomic E-state index is 0.269. The third kappa shape index (κ3) is 5.94. The van der Waals surface area contributed by atoms with Crippen molar-refractivity contribution in [3.8, 4) is 44.5 Å². The van der Waals surface area contributed by atoms with Gasteiger partial charge in [-0.2, -0.15) is 0 Å². The van der Waals surface area contributed by atoms with Crippen molar-refractivity contribution in [2.75, 3.05) is 9.80 Å². The number of aliphatic imine (C=N–C) groups is 2. The molecule has 0 N–H and O–H groups in total. The third-order valence-electron chi connectivity index (χ3n) is 17.1. The largest absolute Gasteiger partial charge is 0.317 e. The third-order valence-corrected chi connectivity index (χ3v) is 17.1. The number of para-hydroxylation sites is 2. The Balaban J connectivity index is 0.967. The maximum atomic E-state index is 5.36. The molecule has 2 aromatic heterocycles. The number of aromatic nitrogens is 2. The fourth-order valence-electron chi connectivity index (χ4n) is 12.2. The van der Waals surface area contributed by atoms with Crippen LogP contribution in [-0.2, 0) is 5.41 Å². The molecule has 1 spiro atoms. The van der Waals surface area contributed by atoms with Gasteiger partial charge in [0.2, 0.25) is 0 Å². The predicted octanol–water partition coefficient (Wildman–Crippen LogP) is 15.0. The molecule has 0 saturated carbocycles. The predicted molar refractivity (Wildman–Crippen MR) is 294 cm³/mol. The first-order valence-corrected chi connectivity index (χ1v) is 25.0. The monoisotopic (exact) mass is 920 g/mol. The molecule has 0 amide bonds. The van der Waals surface area contributed by atoms with E-state index in [2.05, 4.69) is 253 Å². The first kappa shape index (κ1) is 43.1. The molecule has 0 unspecified atom stereocenters. The van der Waals surface area contributed by atoms with E-state index in [4.69, 9.17) is 20.0 Å². The van der Waals surface area contributed by atoms with E-state index in [9.17, 15) is 0 Å². The Morgan fingerprint density at radius 1 is 0.352 bits per heavy atom. The zero-order valence-electron chi connectivity index (χ0n) is 41.7. The van der Waals surface area contributed by atoms with Gasteiger partial charge in [0.25, 0.3) is 0 Å². The van der Waals surface area contributed by atoms with Crippen molar-refractivity contribution in [2.45, 2.75) is 83.0 Å². The molecule has 0 atom stereocenters. The molecule has 4 aliphatic rings. The van der Waals surface area contributed by atoms with Crippen LogP contribution in [0, 0.1) is 0 Å². The summed E-state index contributed by atoms with van der Waals surface area (Å²) in [6, 6.07) is 66.6. The van der Waals surface area contributed by atoms with Gasteiger partial charge in [-0.3, -0.25) is 20.0 Å². The highest BCUT2D eigenvalue weighted by Crippen LogP contribution is 2.65. The lowest BCUT2D eigenvalue weighted by atomic mass is 9.69. The summed E-state index contributed by atoms with van der Waals surface area (Å²) >= 11 is 0. The van der Waals surface area contributed by atoms with Crippen LogP contribution >= 0.6 is 0 Å². The van der Waals surface area contributed by atoms with E-state index in [1.807, 2.05) is 6.20 Å². The van der Waals surface area contributed by atoms with Gasteiger partial charge in [0, 0.05) is 34.9 Å². The summed E-state index contributed by atoms with van der Waals surface area (Å²) in [7, 11) is 0. The molecule has 0 saturated heterocycles. The molecule has 4 heterocycles. The fraction of sp³-hybridized carbons (Fsp3) is 0.200. The van der Waals surface area contributed by atoms with Crippen molar-refractivity contribution in [2.24, 2.45) is 9.98 Å². The Labute approximate surface area is 417 Å². The second-order valence-electron chi connectivity index (χ2n) is 21.8. The summed E-state index contributed by atoms with van der Waals surface area (Å²) in [5.41, 5.74) is 16.8. The normalized spacial score (nSPS) is 18.0. The Morgan fingerprint density at radius 2 is 0.817 bits per heavy atom. The van der Waals surface area contributed by atoms with Crippen molar-refractivity contribution in [1.29, 1.82) is 0 Å². The number of pyridine rings is 2. The Morgan fingerprint density at radius 3 is 1.34 bits per heavy atom. The molecule has 6 nitrogen and oxygen atoms in total. The van der Waals surface area contributed by atoms with Crippen LogP contribution in [0.2, 0.25) is 0 Å². The van der Waals surface area contributed by atoms with Crippen LogP contribution in [0.1, 0.15) is 89.0 Å². The van der Waals surface area contributed by atoms with Crippen molar-refractivity contribution in [3.63, 3.8) is 0 Å². The number of fused-ring (bicyclic) bond motifs is 12. The lowest BCUT2D eigenvalue weighted by Crippen LogP contribution is -2.53. The lowest BCUT2D eigenvalue weighted by molar-refractivity contribution is 0.338. The van der Waals surface area contributed by atoms with Crippen molar-refractivity contribution in [1.82, 2.24) is 9.97 Å². The second kappa shape index (κ2) is 15.0. The summed E-state index contributed by atoms with van der Waals surface area (Å²) in [6.45, 7) is 18.0. The highest BCUT2D eigenvalue weighted by atomic mass is 15.4. The number of amidine groups is 2. The molecule has 2 aliphatic carbocycles. The van der Waals surface area contributed by atoms with Crippen LogP contribution in [-0.4, -0.2) is 43.8 Å². The zero-order chi connectivity index (χ0) is 48.7. The molecule has 0 fully saturated rings. The van der Waals surface area contributed by atoms with Crippen LogP contribution in [0.15, 0.2) is 204 Å². The average Bonchev–Trinajstić information content (AvgIpc) is 3.99.